The van der Waals surface area contributed by atoms with Gasteiger partial charge in [-0.1, -0.05) is 11.6 Å². The smallest absolute Gasteiger partial charge is 0.255 e. The fraction of sp³-hybridized carbons (Fsp3) is 0.0714. The Bertz CT molecular complexity index is 641. The molecule has 4 nitrogen and oxygen atoms in total. The van der Waals surface area contributed by atoms with Crippen molar-refractivity contribution in [1.82, 2.24) is 0 Å². The fourth-order valence-electron chi connectivity index (χ4n) is 1.65. The molecule has 0 aliphatic heterocycles. The number of phenolic OH excluding ortho intramolecular Hbond substituents is 1. The summed E-state index contributed by atoms with van der Waals surface area (Å²) in [5, 5.41) is 12.4. The lowest BCUT2D eigenvalue weighted by Gasteiger charge is -2.09. The van der Waals surface area contributed by atoms with Crippen LogP contribution in [0.5, 0.6) is 5.75 Å². The van der Waals surface area contributed by atoms with Gasteiger partial charge in [-0.2, -0.15) is 0 Å². The molecule has 19 heavy (non-hydrogen) atoms. The lowest BCUT2D eigenvalue weighted by Crippen LogP contribution is -2.12. The molecule has 98 valence electrons. The molecule has 0 aliphatic rings. The Labute approximate surface area is 115 Å². The zero-order valence-corrected chi connectivity index (χ0v) is 11.0. The summed E-state index contributed by atoms with van der Waals surface area (Å²) in [6.07, 6.45) is 0. The van der Waals surface area contributed by atoms with Gasteiger partial charge < -0.3 is 16.2 Å². The summed E-state index contributed by atoms with van der Waals surface area (Å²) in [6.45, 7) is 1.80. The Morgan fingerprint density at radius 1 is 1.26 bits per heavy atom. The van der Waals surface area contributed by atoms with E-state index in [2.05, 4.69) is 5.32 Å². The number of carbonyl (C=O) groups excluding carboxylic acids is 1. The van der Waals surface area contributed by atoms with E-state index in [0.29, 0.717) is 22.0 Å². The number of rotatable bonds is 2. The molecule has 0 unspecified atom stereocenters. The SMILES string of the molecule is Cc1cc(O)ccc1NC(=O)c1ccc(N)c(Cl)c1. The zero-order chi connectivity index (χ0) is 14.0. The van der Waals surface area contributed by atoms with Crippen molar-refractivity contribution in [1.29, 1.82) is 0 Å². The van der Waals surface area contributed by atoms with Crippen LogP contribution >= 0.6 is 11.6 Å². The van der Waals surface area contributed by atoms with E-state index in [1.165, 1.54) is 12.1 Å². The van der Waals surface area contributed by atoms with Gasteiger partial charge >= 0.3 is 0 Å². The Morgan fingerprint density at radius 2 is 2.00 bits per heavy atom. The molecule has 0 heterocycles. The Hall–Kier alpha value is -2.20. The molecular weight excluding hydrogens is 264 g/mol. The van der Waals surface area contributed by atoms with E-state index in [9.17, 15) is 9.90 Å². The van der Waals surface area contributed by atoms with Crippen LogP contribution in [-0.2, 0) is 0 Å². The maximum atomic E-state index is 12.0. The van der Waals surface area contributed by atoms with Crippen LogP contribution in [0.25, 0.3) is 0 Å². The lowest BCUT2D eigenvalue weighted by molar-refractivity contribution is 0.102. The van der Waals surface area contributed by atoms with Crippen LogP contribution in [0.2, 0.25) is 5.02 Å². The molecule has 0 fully saturated rings. The van der Waals surface area contributed by atoms with Crippen LogP contribution < -0.4 is 11.1 Å². The molecular formula is C14H13ClN2O2. The number of carbonyl (C=O) groups is 1. The van der Waals surface area contributed by atoms with Crippen molar-refractivity contribution in [2.75, 3.05) is 11.1 Å². The van der Waals surface area contributed by atoms with E-state index in [4.69, 9.17) is 17.3 Å². The molecule has 0 saturated carbocycles. The van der Waals surface area contributed by atoms with Crippen molar-refractivity contribution < 1.29 is 9.90 Å². The Balaban J connectivity index is 2.23. The highest BCUT2D eigenvalue weighted by Crippen LogP contribution is 2.23. The van der Waals surface area contributed by atoms with Gasteiger partial charge in [0.1, 0.15) is 5.75 Å². The predicted octanol–water partition coefficient (Wildman–Crippen LogP) is 3.19. The number of aromatic hydroxyl groups is 1. The minimum Gasteiger partial charge on any atom is -0.508 e. The first-order valence-electron chi connectivity index (χ1n) is 5.63. The van der Waals surface area contributed by atoms with E-state index in [1.54, 1.807) is 31.2 Å². The highest BCUT2D eigenvalue weighted by atomic mass is 35.5. The first kappa shape index (κ1) is 13.2. The Kier molecular flexibility index (Phi) is 3.62. The molecule has 1 amide bonds. The quantitative estimate of drug-likeness (QED) is 0.582. The van der Waals surface area contributed by atoms with Crippen LogP contribution in [-0.4, -0.2) is 11.0 Å². The minimum absolute atomic E-state index is 0.158. The highest BCUT2D eigenvalue weighted by molar-refractivity contribution is 6.33. The van der Waals surface area contributed by atoms with Gasteiger partial charge in [0.15, 0.2) is 0 Å². The minimum atomic E-state index is -0.282. The number of halogens is 1. The van der Waals surface area contributed by atoms with Gasteiger partial charge in [0.2, 0.25) is 0 Å². The largest absolute Gasteiger partial charge is 0.508 e. The summed E-state index contributed by atoms with van der Waals surface area (Å²) in [6, 6.07) is 9.43. The molecule has 2 aromatic carbocycles. The highest BCUT2D eigenvalue weighted by Gasteiger charge is 2.09. The number of amides is 1. The summed E-state index contributed by atoms with van der Waals surface area (Å²) in [4.78, 5) is 12.0. The van der Waals surface area contributed by atoms with Crippen LogP contribution in [0, 0.1) is 6.92 Å². The number of hydrogen-bond donors (Lipinski definition) is 3. The third kappa shape index (κ3) is 2.98. The number of aryl methyl sites for hydroxylation is 1. The standard InChI is InChI=1S/C14H13ClN2O2/c1-8-6-10(18)3-5-13(8)17-14(19)9-2-4-12(16)11(15)7-9/h2-7,18H,16H2,1H3,(H,17,19). The van der Waals surface area contributed by atoms with Gasteiger partial charge in [-0.15, -0.1) is 0 Å². The van der Waals surface area contributed by atoms with Gasteiger partial charge in [-0.25, -0.2) is 0 Å². The van der Waals surface area contributed by atoms with Gasteiger partial charge in [0.25, 0.3) is 5.91 Å². The summed E-state index contributed by atoms with van der Waals surface area (Å²) in [5.74, 6) is -0.123. The van der Waals surface area contributed by atoms with Gasteiger partial charge in [-0.05, 0) is 48.9 Å². The molecule has 2 rings (SSSR count). The molecule has 2 aromatic rings. The molecule has 4 N–H and O–H groups in total. The number of nitrogen functional groups attached to an aromatic ring is 1. The number of benzene rings is 2. The van der Waals surface area contributed by atoms with Crippen LogP contribution in [0.1, 0.15) is 15.9 Å². The predicted molar refractivity (Wildman–Crippen MR) is 76.7 cm³/mol. The van der Waals surface area contributed by atoms with Crippen LogP contribution in [0.15, 0.2) is 36.4 Å². The second kappa shape index (κ2) is 5.20. The van der Waals surface area contributed by atoms with E-state index >= 15 is 0 Å². The molecule has 0 aromatic heterocycles. The topological polar surface area (TPSA) is 75.3 Å². The van der Waals surface area contributed by atoms with Gasteiger partial charge in [0, 0.05) is 11.3 Å². The molecule has 5 heteroatoms. The maximum Gasteiger partial charge on any atom is 0.255 e. The lowest BCUT2D eigenvalue weighted by atomic mass is 10.1. The van der Waals surface area contributed by atoms with Crippen molar-refractivity contribution in [2.24, 2.45) is 0 Å². The molecule has 0 spiro atoms. The van der Waals surface area contributed by atoms with Crippen molar-refractivity contribution in [2.45, 2.75) is 6.92 Å². The van der Waals surface area contributed by atoms with E-state index < -0.39 is 0 Å². The number of nitrogens with two attached hydrogens (primary N) is 1. The second-order valence-corrected chi connectivity index (χ2v) is 4.60. The number of nitrogens with one attached hydrogen (secondary N) is 1. The average Bonchev–Trinajstić information content (AvgIpc) is 2.36. The van der Waals surface area contributed by atoms with Crippen LogP contribution in [0.3, 0.4) is 0 Å². The summed E-state index contributed by atoms with van der Waals surface area (Å²) in [5.41, 5.74) is 7.85. The average molecular weight is 277 g/mol. The summed E-state index contributed by atoms with van der Waals surface area (Å²) >= 11 is 5.87. The first-order chi connectivity index (χ1) is 8.97. The normalized spacial score (nSPS) is 10.2. The van der Waals surface area contributed by atoms with E-state index in [1.807, 2.05) is 0 Å². The molecule has 0 radical (unpaired) electrons. The van der Waals surface area contributed by atoms with Crippen LogP contribution in [0.4, 0.5) is 11.4 Å². The van der Waals surface area contributed by atoms with Crippen molar-refractivity contribution in [3.8, 4) is 5.75 Å². The molecule has 0 aliphatic carbocycles. The molecule has 0 saturated heterocycles. The number of phenols is 1. The summed E-state index contributed by atoms with van der Waals surface area (Å²) in [7, 11) is 0. The van der Waals surface area contributed by atoms with Gasteiger partial charge in [0.05, 0.1) is 10.7 Å². The second-order valence-electron chi connectivity index (χ2n) is 4.19. The Morgan fingerprint density at radius 3 is 2.63 bits per heavy atom. The number of hydrogen-bond acceptors (Lipinski definition) is 3. The van der Waals surface area contributed by atoms with Gasteiger partial charge in [-0.3, -0.25) is 4.79 Å². The monoisotopic (exact) mass is 276 g/mol. The summed E-state index contributed by atoms with van der Waals surface area (Å²) < 4.78 is 0. The first-order valence-corrected chi connectivity index (χ1v) is 6.01. The van der Waals surface area contributed by atoms with Crippen molar-refractivity contribution >= 4 is 28.9 Å². The van der Waals surface area contributed by atoms with Crippen molar-refractivity contribution in [3.63, 3.8) is 0 Å². The van der Waals surface area contributed by atoms with E-state index in [0.717, 1.165) is 5.56 Å². The maximum absolute atomic E-state index is 12.0. The number of anilines is 2. The van der Waals surface area contributed by atoms with Crippen molar-refractivity contribution in [3.05, 3.63) is 52.5 Å². The third-order valence-corrected chi connectivity index (χ3v) is 3.05. The third-order valence-electron chi connectivity index (χ3n) is 2.72. The van der Waals surface area contributed by atoms with E-state index in [-0.39, 0.29) is 11.7 Å². The fourth-order valence-corrected chi connectivity index (χ4v) is 1.83. The zero-order valence-electron chi connectivity index (χ0n) is 10.3. The molecule has 0 bridgehead atoms. The molecule has 0 atom stereocenters.